The van der Waals surface area contributed by atoms with Crippen LogP contribution in [0.25, 0.3) is 4.96 Å². The highest BCUT2D eigenvalue weighted by Crippen LogP contribution is 2.40. The van der Waals surface area contributed by atoms with Crippen molar-refractivity contribution in [2.75, 3.05) is 13.6 Å². The molecule has 138 valence electrons. The van der Waals surface area contributed by atoms with Gasteiger partial charge in [0.2, 0.25) is 10.8 Å². The highest BCUT2D eigenvalue weighted by Gasteiger charge is 2.28. The molecule has 1 aromatic carbocycles. The number of hydrogen-bond donors (Lipinski definition) is 1. The third kappa shape index (κ3) is 3.40. The Hall–Kier alpha value is -2.52. The van der Waals surface area contributed by atoms with E-state index in [-0.39, 0.29) is 17.6 Å². The zero-order chi connectivity index (χ0) is 18.8. The second-order valence-corrected chi connectivity index (χ2v) is 7.24. The van der Waals surface area contributed by atoms with Crippen LogP contribution in [0.2, 0.25) is 0 Å². The summed E-state index contributed by atoms with van der Waals surface area (Å²) in [5.74, 6) is 0.620. The van der Waals surface area contributed by atoms with Crippen LogP contribution in [0.1, 0.15) is 42.1 Å². The zero-order valence-corrected chi connectivity index (χ0v) is 15.7. The van der Waals surface area contributed by atoms with Gasteiger partial charge >= 0.3 is 0 Å². The van der Waals surface area contributed by atoms with Crippen LogP contribution in [-0.2, 0) is 0 Å². The van der Waals surface area contributed by atoms with E-state index in [4.69, 9.17) is 0 Å². The molecule has 0 saturated carbocycles. The first-order valence-corrected chi connectivity index (χ1v) is 9.23. The van der Waals surface area contributed by atoms with Gasteiger partial charge in [-0.1, -0.05) is 36.8 Å². The van der Waals surface area contributed by atoms with E-state index in [0.29, 0.717) is 15.7 Å². The molecule has 0 aliphatic rings. The number of unbranched alkanes of at least 4 members (excludes halogenated alkanes) is 1. The number of benzene rings is 1. The van der Waals surface area contributed by atoms with Gasteiger partial charge in [-0.3, -0.25) is 15.0 Å². The van der Waals surface area contributed by atoms with Crippen molar-refractivity contribution in [2.45, 2.75) is 32.7 Å². The van der Waals surface area contributed by atoms with Crippen molar-refractivity contribution in [2.24, 2.45) is 0 Å². The SMILES string of the molecule is CCCCN(C)C(c1cccc([N+](=O)[O-])c1)c1sc2nc(C)nn2c1O. The van der Waals surface area contributed by atoms with E-state index in [9.17, 15) is 15.2 Å². The normalized spacial score (nSPS) is 12.8. The fourth-order valence-electron chi connectivity index (χ4n) is 2.98. The number of nitro groups is 1. The zero-order valence-electron chi connectivity index (χ0n) is 14.9. The summed E-state index contributed by atoms with van der Waals surface area (Å²) >= 11 is 1.35. The predicted molar refractivity (Wildman–Crippen MR) is 99.7 cm³/mol. The summed E-state index contributed by atoms with van der Waals surface area (Å²) in [7, 11) is 1.96. The lowest BCUT2D eigenvalue weighted by Crippen LogP contribution is -2.26. The molecule has 26 heavy (non-hydrogen) atoms. The van der Waals surface area contributed by atoms with E-state index < -0.39 is 4.92 Å². The maximum absolute atomic E-state index is 11.2. The molecule has 1 atom stereocenters. The van der Waals surface area contributed by atoms with Gasteiger partial charge in [-0.25, -0.2) is 4.98 Å². The molecular formula is C17H21N5O3S. The topological polar surface area (TPSA) is 96.8 Å². The molecule has 2 heterocycles. The molecule has 3 aromatic rings. The monoisotopic (exact) mass is 375 g/mol. The predicted octanol–water partition coefficient (Wildman–Crippen LogP) is 3.53. The number of thiazole rings is 1. The van der Waals surface area contributed by atoms with E-state index >= 15 is 0 Å². The summed E-state index contributed by atoms with van der Waals surface area (Å²) < 4.78 is 1.42. The minimum Gasteiger partial charge on any atom is -0.492 e. The molecule has 0 bridgehead atoms. The van der Waals surface area contributed by atoms with E-state index in [0.717, 1.165) is 24.9 Å². The van der Waals surface area contributed by atoms with Crippen LogP contribution in [-0.4, -0.2) is 43.1 Å². The molecule has 0 saturated heterocycles. The molecule has 9 heteroatoms. The standard InChI is InChI=1S/C17H21N5O3S/c1-4-5-9-20(3)14(12-7-6-8-13(10-12)22(24)25)15-16(23)21-17(26-15)18-11(2)19-21/h6-8,10,14,23H,4-5,9H2,1-3H3. The van der Waals surface area contributed by atoms with E-state index in [1.807, 2.05) is 13.1 Å². The van der Waals surface area contributed by atoms with Crippen LogP contribution in [0.3, 0.4) is 0 Å². The van der Waals surface area contributed by atoms with Crippen molar-refractivity contribution in [1.82, 2.24) is 19.5 Å². The molecule has 0 fully saturated rings. The van der Waals surface area contributed by atoms with E-state index in [1.165, 1.54) is 21.9 Å². The molecule has 1 unspecified atom stereocenters. The highest BCUT2D eigenvalue weighted by molar-refractivity contribution is 7.17. The van der Waals surface area contributed by atoms with Crippen molar-refractivity contribution < 1.29 is 10.0 Å². The van der Waals surface area contributed by atoms with Crippen molar-refractivity contribution >= 4 is 22.0 Å². The largest absolute Gasteiger partial charge is 0.492 e. The lowest BCUT2D eigenvalue weighted by atomic mass is 10.0. The molecule has 8 nitrogen and oxygen atoms in total. The number of nitro benzene ring substituents is 1. The summed E-state index contributed by atoms with van der Waals surface area (Å²) in [6.07, 6.45) is 2.02. The molecule has 3 rings (SSSR count). The first kappa shape index (κ1) is 18.3. The van der Waals surface area contributed by atoms with Crippen LogP contribution in [0.4, 0.5) is 5.69 Å². The van der Waals surface area contributed by atoms with Gasteiger partial charge in [-0.05, 0) is 32.5 Å². The molecular weight excluding hydrogens is 354 g/mol. The average molecular weight is 375 g/mol. The number of fused-ring (bicyclic) bond motifs is 1. The molecule has 0 spiro atoms. The Labute approximate surface area is 154 Å². The first-order valence-electron chi connectivity index (χ1n) is 8.42. The molecule has 0 aliphatic heterocycles. The second-order valence-electron chi connectivity index (χ2n) is 6.23. The Morgan fingerprint density at radius 2 is 2.23 bits per heavy atom. The van der Waals surface area contributed by atoms with Crippen LogP contribution >= 0.6 is 11.3 Å². The first-order chi connectivity index (χ1) is 12.4. The minimum atomic E-state index is -0.404. The third-order valence-electron chi connectivity index (χ3n) is 4.26. The number of aromatic nitrogens is 3. The molecule has 0 amide bonds. The lowest BCUT2D eigenvalue weighted by Gasteiger charge is -2.27. The van der Waals surface area contributed by atoms with Gasteiger partial charge in [0.1, 0.15) is 5.82 Å². The Bertz CT molecular complexity index is 936. The fraction of sp³-hybridized carbons (Fsp3) is 0.412. The van der Waals surface area contributed by atoms with E-state index in [1.54, 1.807) is 19.1 Å². The Morgan fingerprint density at radius 1 is 1.46 bits per heavy atom. The summed E-state index contributed by atoms with van der Waals surface area (Å²) in [5, 5.41) is 26.1. The molecule has 1 N–H and O–H groups in total. The third-order valence-corrected chi connectivity index (χ3v) is 5.33. The number of aromatic hydroxyl groups is 1. The highest BCUT2D eigenvalue weighted by atomic mass is 32.1. The number of hydrogen-bond acceptors (Lipinski definition) is 7. The minimum absolute atomic E-state index is 0.0328. The van der Waals surface area contributed by atoms with Crippen LogP contribution in [0, 0.1) is 17.0 Å². The van der Waals surface area contributed by atoms with Gasteiger partial charge < -0.3 is 5.11 Å². The summed E-state index contributed by atoms with van der Waals surface area (Å²) in [6, 6.07) is 6.24. The molecule has 0 aliphatic carbocycles. The Balaban J connectivity index is 2.10. The van der Waals surface area contributed by atoms with Gasteiger partial charge in [-0.2, -0.15) is 4.52 Å². The van der Waals surface area contributed by atoms with Crippen LogP contribution < -0.4 is 0 Å². The van der Waals surface area contributed by atoms with Crippen molar-refractivity contribution in [3.63, 3.8) is 0 Å². The van der Waals surface area contributed by atoms with E-state index in [2.05, 4.69) is 21.9 Å². The number of rotatable bonds is 7. The van der Waals surface area contributed by atoms with Gasteiger partial charge in [0.15, 0.2) is 0 Å². The Morgan fingerprint density at radius 3 is 2.88 bits per heavy atom. The maximum atomic E-state index is 11.2. The van der Waals surface area contributed by atoms with Crippen LogP contribution in [0.15, 0.2) is 24.3 Å². The van der Waals surface area contributed by atoms with Gasteiger partial charge in [-0.15, -0.1) is 5.10 Å². The Kier molecular flexibility index (Phi) is 5.19. The van der Waals surface area contributed by atoms with Gasteiger partial charge in [0.25, 0.3) is 5.69 Å². The number of nitrogens with zero attached hydrogens (tertiary/aromatic N) is 5. The summed E-state index contributed by atoms with van der Waals surface area (Å²) in [5.41, 5.74) is 0.792. The number of aryl methyl sites for hydroxylation is 1. The van der Waals surface area contributed by atoms with Crippen molar-refractivity contribution in [3.05, 3.63) is 50.6 Å². The quantitative estimate of drug-likeness (QED) is 0.501. The summed E-state index contributed by atoms with van der Waals surface area (Å²) in [4.78, 5) is 18.5. The maximum Gasteiger partial charge on any atom is 0.269 e. The summed E-state index contributed by atoms with van der Waals surface area (Å²) in [6.45, 7) is 4.68. The van der Waals surface area contributed by atoms with Gasteiger partial charge in [0, 0.05) is 12.1 Å². The smallest absolute Gasteiger partial charge is 0.269 e. The second kappa shape index (κ2) is 7.38. The number of non-ortho nitro benzene ring substituents is 1. The fourth-order valence-corrected chi connectivity index (χ4v) is 4.17. The van der Waals surface area contributed by atoms with Crippen molar-refractivity contribution in [1.29, 1.82) is 0 Å². The average Bonchev–Trinajstić information content (AvgIpc) is 3.11. The molecule has 2 aromatic heterocycles. The lowest BCUT2D eigenvalue weighted by molar-refractivity contribution is -0.384. The van der Waals surface area contributed by atoms with Crippen LogP contribution in [0.5, 0.6) is 5.88 Å². The van der Waals surface area contributed by atoms with Crippen molar-refractivity contribution in [3.8, 4) is 5.88 Å². The van der Waals surface area contributed by atoms with Gasteiger partial charge in [0.05, 0.1) is 15.8 Å². The molecule has 0 radical (unpaired) electrons.